The summed E-state index contributed by atoms with van der Waals surface area (Å²) in [6.07, 6.45) is 2.33. The number of hydrogen-bond acceptors (Lipinski definition) is 3. The fraction of sp³-hybridized carbons (Fsp3) is 0.182. The number of rotatable bonds is 3. The van der Waals surface area contributed by atoms with Crippen molar-refractivity contribution >= 4 is 16.8 Å². The molecule has 5 nitrogen and oxygen atoms in total. The molecule has 16 heavy (non-hydrogen) atoms. The molecule has 0 spiro atoms. The van der Waals surface area contributed by atoms with E-state index in [0.717, 1.165) is 16.5 Å². The summed E-state index contributed by atoms with van der Waals surface area (Å²) in [4.78, 5) is 14.3. The number of amides is 1. The van der Waals surface area contributed by atoms with Crippen molar-refractivity contribution in [3.8, 4) is 0 Å². The van der Waals surface area contributed by atoms with E-state index in [1.807, 2.05) is 30.5 Å². The van der Waals surface area contributed by atoms with Gasteiger partial charge in [-0.25, -0.2) is 5.84 Å². The van der Waals surface area contributed by atoms with Crippen LogP contribution < -0.4 is 17.0 Å². The first-order chi connectivity index (χ1) is 7.72. The molecule has 0 aliphatic carbocycles. The second kappa shape index (κ2) is 4.34. The van der Waals surface area contributed by atoms with E-state index in [-0.39, 0.29) is 5.91 Å². The third-order valence-corrected chi connectivity index (χ3v) is 2.59. The molecule has 0 saturated heterocycles. The van der Waals surface area contributed by atoms with Gasteiger partial charge in [-0.15, -0.1) is 0 Å². The minimum absolute atomic E-state index is 0.356. The molecular weight excluding hydrogens is 204 g/mol. The lowest BCUT2D eigenvalue weighted by Gasteiger charge is -2.08. The first-order valence-corrected chi connectivity index (χ1v) is 5.03. The van der Waals surface area contributed by atoms with E-state index in [9.17, 15) is 4.79 Å². The molecule has 0 fully saturated rings. The third-order valence-electron chi connectivity index (χ3n) is 2.59. The topological polar surface area (TPSA) is 96.9 Å². The van der Waals surface area contributed by atoms with Crippen LogP contribution >= 0.6 is 0 Å². The average Bonchev–Trinajstić information content (AvgIpc) is 2.72. The Morgan fingerprint density at radius 1 is 1.44 bits per heavy atom. The number of H-pyrrole nitrogens is 1. The van der Waals surface area contributed by atoms with Gasteiger partial charge in [0.1, 0.15) is 0 Å². The number of aromatic amines is 1. The normalized spacial score (nSPS) is 12.6. The van der Waals surface area contributed by atoms with E-state index >= 15 is 0 Å². The van der Waals surface area contributed by atoms with E-state index in [1.54, 1.807) is 0 Å². The molecule has 6 N–H and O–H groups in total. The number of para-hydroxylation sites is 1. The SMILES string of the molecule is NNC(=O)C(N)Cc1c[nH]c2ccccc12. The molecule has 84 valence electrons. The largest absolute Gasteiger partial charge is 0.361 e. The Labute approximate surface area is 92.8 Å². The minimum Gasteiger partial charge on any atom is -0.361 e. The standard InChI is InChI=1S/C11H14N4O/c12-9(11(16)15-13)5-7-6-14-10-4-2-1-3-8(7)10/h1-4,6,9,14H,5,12-13H2,(H,15,16). The summed E-state index contributed by atoms with van der Waals surface area (Å²) in [5.74, 6) is 4.67. The number of hydrogen-bond donors (Lipinski definition) is 4. The highest BCUT2D eigenvalue weighted by Gasteiger charge is 2.14. The smallest absolute Gasteiger partial charge is 0.251 e. The van der Waals surface area contributed by atoms with Crippen LogP contribution in [0.1, 0.15) is 5.56 Å². The van der Waals surface area contributed by atoms with Gasteiger partial charge in [-0.3, -0.25) is 10.2 Å². The van der Waals surface area contributed by atoms with E-state index < -0.39 is 6.04 Å². The number of hydrazine groups is 1. The highest BCUT2D eigenvalue weighted by molar-refractivity contribution is 5.85. The van der Waals surface area contributed by atoms with Crippen LogP contribution in [0.2, 0.25) is 0 Å². The maximum atomic E-state index is 11.2. The van der Waals surface area contributed by atoms with Gasteiger partial charge in [-0.2, -0.15) is 0 Å². The quantitative estimate of drug-likeness (QED) is 0.332. The van der Waals surface area contributed by atoms with Crippen LogP contribution in [0.15, 0.2) is 30.5 Å². The van der Waals surface area contributed by atoms with Gasteiger partial charge in [-0.05, 0) is 18.1 Å². The fourth-order valence-electron chi connectivity index (χ4n) is 1.74. The number of carbonyl (C=O) groups is 1. The minimum atomic E-state index is -0.621. The van der Waals surface area contributed by atoms with Gasteiger partial charge < -0.3 is 10.7 Å². The van der Waals surface area contributed by atoms with Crippen molar-refractivity contribution in [2.24, 2.45) is 11.6 Å². The molecular formula is C11H14N4O. The van der Waals surface area contributed by atoms with Crippen LogP contribution in [0.4, 0.5) is 0 Å². The van der Waals surface area contributed by atoms with Gasteiger partial charge in [0.05, 0.1) is 6.04 Å². The highest BCUT2D eigenvalue weighted by atomic mass is 16.2. The van der Waals surface area contributed by atoms with Crippen LogP contribution in [-0.4, -0.2) is 16.9 Å². The van der Waals surface area contributed by atoms with Crippen LogP contribution in [0.25, 0.3) is 10.9 Å². The zero-order chi connectivity index (χ0) is 11.5. The number of aromatic nitrogens is 1. The van der Waals surface area contributed by atoms with E-state index in [1.165, 1.54) is 0 Å². The molecule has 0 aliphatic rings. The molecule has 1 unspecified atom stereocenters. The second-order valence-electron chi connectivity index (χ2n) is 3.68. The monoisotopic (exact) mass is 218 g/mol. The van der Waals surface area contributed by atoms with Crippen molar-refractivity contribution in [2.75, 3.05) is 0 Å². The molecule has 1 aromatic heterocycles. The second-order valence-corrected chi connectivity index (χ2v) is 3.68. The number of nitrogens with one attached hydrogen (secondary N) is 2. The van der Waals surface area contributed by atoms with Crippen LogP contribution in [0.3, 0.4) is 0 Å². The summed E-state index contributed by atoms with van der Waals surface area (Å²) >= 11 is 0. The Morgan fingerprint density at radius 2 is 2.19 bits per heavy atom. The Balaban J connectivity index is 2.24. The predicted molar refractivity (Wildman–Crippen MR) is 62.3 cm³/mol. The van der Waals surface area contributed by atoms with Crippen LogP contribution in [0.5, 0.6) is 0 Å². The molecule has 1 amide bonds. The van der Waals surface area contributed by atoms with Crippen molar-refractivity contribution in [2.45, 2.75) is 12.5 Å². The molecule has 0 saturated carbocycles. The summed E-state index contributed by atoms with van der Waals surface area (Å²) in [7, 11) is 0. The Kier molecular flexibility index (Phi) is 2.89. The summed E-state index contributed by atoms with van der Waals surface area (Å²) in [5.41, 5.74) is 9.81. The van der Waals surface area contributed by atoms with Crippen molar-refractivity contribution in [1.29, 1.82) is 0 Å². The van der Waals surface area contributed by atoms with E-state index in [0.29, 0.717) is 6.42 Å². The molecule has 1 heterocycles. The average molecular weight is 218 g/mol. The number of benzene rings is 1. The number of carbonyl (C=O) groups excluding carboxylic acids is 1. The number of fused-ring (bicyclic) bond motifs is 1. The summed E-state index contributed by atoms with van der Waals surface area (Å²) < 4.78 is 0. The summed E-state index contributed by atoms with van der Waals surface area (Å²) in [5, 5.41) is 1.09. The Morgan fingerprint density at radius 3 is 2.94 bits per heavy atom. The van der Waals surface area contributed by atoms with Crippen LogP contribution in [0, 0.1) is 0 Å². The van der Waals surface area contributed by atoms with Crippen molar-refractivity contribution < 1.29 is 4.79 Å². The lowest BCUT2D eigenvalue weighted by atomic mass is 10.1. The van der Waals surface area contributed by atoms with Gasteiger partial charge in [0.15, 0.2) is 0 Å². The molecule has 5 heteroatoms. The van der Waals surface area contributed by atoms with Crippen molar-refractivity contribution in [1.82, 2.24) is 10.4 Å². The Hall–Kier alpha value is -1.85. The summed E-state index contributed by atoms with van der Waals surface area (Å²) in [6, 6.07) is 7.26. The zero-order valence-electron chi connectivity index (χ0n) is 8.73. The third kappa shape index (κ3) is 1.91. The molecule has 2 aromatic rings. The fourth-order valence-corrected chi connectivity index (χ4v) is 1.74. The Bertz CT molecular complexity index is 505. The molecule has 1 atom stereocenters. The first-order valence-electron chi connectivity index (χ1n) is 5.03. The first kappa shape index (κ1) is 10.7. The maximum Gasteiger partial charge on any atom is 0.251 e. The molecule has 1 aromatic carbocycles. The lowest BCUT2D eigenvalue weighted by molar-refractivity contribution is -0.122. The van der Waals surface area contributed by atoms with Crippen molar-refractivity contribution in [3.05, 3.63) is 36.0 Å². The molecule has 2 rings (SSSR count). The van der Waals surface area contributed by atoms with Crippen molar-refractivity contribution in [3.63, 3.8) is 0 Å². The van der Waals surface area contributed by atoms with E-state index in [2.05, 4.69) is 10.4 Å². The maximum absolute atomic E-state index is 11.2. The van der Waals surface area contributed by atoms with Crippen LogP contribution in [-0.2, 0) is 11.2 Å². The molecule has 0 bridgehead atoms. The number of nitrogens with two attached hydrogens (primary N) is 2. The van der Waals surface area contributed by atoms with Gasteiger partial charge in [-0.1, -0.05) is 18.2 Å². The van der Waals surface area contributed by atoms with Gasteiger partial charge in [0.25, 0.3) is 5.91 Å². The van der Waals surface area contributed by atoms with Gasteiger partial charge >= 0.3 is 0 Å². The predicted octanol–water partition coefficient (Wildman–Crippen LogP) is 0.0276. The summed E-state index contributed by atoms with van der Waals surface area (Å²) in [6.45, 7) is 0. The van der Waals surface area contributed by atoms with Gasteiger partial charge in [0.2, 0.25) is 0 Å². The van der Waals surface area contributed by atoms with Gasteiger partial charge in [0, 0.05) is 17.1 Å². The van der Waals surface area contributed by atoms with E-state index in [4.69, 9.17) is 11.6 Å². The highest BCUT2D eigenvalue weighted by Crippen LogP contribution is 2.18. The lowest BCUT2D eigenvalue weighted by Crippen LogP contribution is -2.45. The molecule has 0 radical (unpaired) electrons. The zero-order valence-corrected chi connectivity index (χ0v) is 8.73. The molecule has 0 aliphatic heterocycles.